The Bertz CT molecular complexity index is 1280. The highest BCUT2D eigenvalue weighted by atomic mass is 32.2. The number of aryl methyl sites for hydroxylation is 2. The highest BCUT2D eigenvalue weighted by Gasteiger charge is 2.38. The third-order valence-electron chi connectivity index (χ3n) is 9.24. The Kier molecular flexibility index (Phi) is 9.12. The van der Waals surface area contributed by atoms with Crippen molar-refractivity contribution < 1.29 is 17.7 Å². The maximum atomic E-state index is 13.6. The molecule has 0 unspecified atom stereocenters. The molecule has 40 heavy (non-hydrogen) atoms. The van der Waals surface area contributed by atoms with Crippen molar-refractivity contribution in [2.45, 2.75) is 88.6 Å². The zero-order valence-electron chi connectivity index (χ0n) is 24.2. The van der Waals surface area contributed by atoms with Gasteiger partial charge in [-0.05, 0) is 71.1 Å². The Morgan fingerprint density at radius 2 is 1.52 bits per heavy atom. The number of aromatic nitrogens is 1. The molecule has 0 radical (unpaired) electrons. The minimum absolute atomic E-state index is 0.116. The average molecular weight is 569 g/mol. The van der Waals surface area contributed by atoms with Gasteiger partial charge in [-0.25, -0.2) is 8.42 Å². The molecule has 8 nitrogen and oxygen atoms in total. The first-order valence-electron chi connectivity index (χ1n) is 15.0. The summed E-state index contributed by atoms with van der Waals surface area (Å²) in [6, 6.07) is 9.21. The molecule has 1 aromatic carbocycles. The summed E-state index contributed by atoms with van der Waals surface area (Å²) in [7, 11) is -1.52. The third-order valence-corrected chi connectivity index (χ3v) is 11.3. The molecule has 3 fully saturated rings. The number of rotatable bonds is 7. The smallest absolute Gasteiger partial charge is 0.248 e. The quantitative estimate of drug-likeness (QED) is 0.461. The maximum Gasteiger partial charge on any atom is 0.248 e. The summed E-state index contributed by atoms with van der Waals surface area (Å²) >= 11 is 0. The van der Waals surface area contributed by atoms with Gasteiger partial charge >= 0.3 is 0 Å². The normalized spacial score (nSPS) is 21.1. The first kappa shape index (κ1) is 29.0. The molecule has 2 aliphatic heterocycles. The SMILES string of the molecule is Cc1ccc(/C=C/c2onc(C)c2S(=O)(=O)N2CCC(C(=O)N3CCC(N(C)C4CCCCC4)CC3)CC2)cc1. The van der Waals surface area contributed by atoms with Crippen LogP contribution >= 0.6 is 0 Å². The van der Waals surface area contributed by atoms with E-state index in [1.165, 1.54) is 36.4 Å². The van der Waals surface area contributed by atoms with Crippen molar-refractivity contribution in [1.29, 1.82) is 0 Å². The van der Waals surface area contributed by atoms with E-state index in [0.29, 0.717) is 43.7 Å². The fourth-order valence-corrected chi connectivity index (χ4v) is 8.38. The van der Waals surface area contributed by atoms with Gasteiger partial charge in [0.1, 0.15) is 5.69 Å². The molecule has 0 spiro atoms. The number of amides is 1. The lowest BCUT2D eigenvalue weighted by atomic mass is 9.91. The molecule has 1 saturated carbocycles. The minimum atomic E-state index is -3.80. The van der Waals surface area contributed by atoms with E-state index in [1.807, 2.05) is 42.2 Å². The number of nitrogens with zero attached hydrogens (tertiary/aromatic N) is 4. The van der Waals surface area contributed by atoms with Crippen LogP contribution < -0.4 is 0 Å². The van der Waals surface area contributed by atoms with Gasteiger partial charge in [0.15, 0.2) is 10.7 Å². The number of hydrogen-bond acceptors (Lipinski definition) is 6. The summed E-state index contributed by atoms with van der Waals surface area (Å²) in [5.74, 6) is 0.305. The van der Waals surface area contributed by atoms with E-state index >= 15 is 0 Å². The van der Waals surface area contributed by atoms with Crippen molar-refractivity contribution in [3.05, 3.63) is 46.8 Å². The number of carbonyl (C=O) groups excluding carboxylic acids is 1. The second-order valence-corrected chi connectivity index (χ2v) is 13.8. The van der Waals surface area contributed by atoms with Gasteiger partial charge in [-0.1, -0.05) is 60.3 Å². The average Bonchev–Trinajstić information content (AvgIpc) is 3.37. The van der Waals surface area contributed by atoms with Crippen molar-refractivity contribution in [2.24, 2.45) is 5.92 Å². The zero-order chi connectivity index (χ0) is 28.3. The van der Waals surface area contributed by atoms with Gasteiger partial charge in [-0.3, -0.25) is 4.79 Å². The predicted molar refractivity (Wildman–Crippen MR) is 157 cm³/mol. The Morgan fingerprint density at radius 1 is 0.900 bits per heavy atom. The molecule has 2 saturated heterocycles. The number of benzene rings is 1. The highest BCUT2D eigenvalue weighted by Crippen LogP contribution is 2.31. The summed E-state index contributed by atoms with van der Waals surface area (Å²) in [4.78, 5) is 18.1. The van der Waals surface area contributed by atoms with Crippen LogP contribution in [-0.4, -0.2) is 78.9 Å². The van der Waals surface area contributed by atoms with Gasteiger partial charge < -0.3 is 14.3 Å². The van der Waals surface area contributed by atoms with Gasteiger partial charge in [0.2, 0.25) is 15.9 Å². The van der Waals surface area contributed by atoms with E-state index in [4.69, 9.17) is 4.52 Å². The van der Waals surface area contributed by atoms with Gasteiger partial charge in [0, 0.05) is 44.2 Å². The van der Waals surface area contributed by atoms with Crippen molar-refractivity contribution >= 4 is 28.1 Å². The molecular weight excluding hydrogens is 524 g/mol. The van der Waals surface area contributed by atoms with Crippen LogP contribution in [0.25, 0.3) is 12.2 Å². The van der Waals surface area contributed by atoms with Crippen molar-refractivity contribution in [3.63, 3.8) is 0 Å². The van der Waals surface area contributed by atoms with Crippen LogP contribution in [0.1, 0.15) is 80.4 Å². The Labute approximate surface area is 239 Å². The van der Waals surface area contributed by atoms with E-state index in [9.17, 15) is 13.2 Å². The summed E-state index contributed by atoms with van der Waals surface area (Å²) in [5, 5.41) is 3.96. The topological polar surface area (TPSA) is 87.0 Å². The predicted octanol–water partition coefficient (Wildman–Crippen LogP) is 5.12. The number of likely N-dealkylation sites (tertiary alicyclic amines) is 1. The summed E-state index contributed by atoms with van der Waals surface area (Å²) < 4.78 is 34.2. The standard InChI is InChI=1S/C31H44N4O4S/c1-23-9-11-25(12-10-23)13-14-29-30(24(2)32-39-29)40(37,38)35-21-15-26(16-22-35)31(36)34-19-17-28(18-20-34)33(3)27-7-5-4-6-8-27/h9-14,26-28H,4-8,15-22H2,1-3H3/b14-13+. The van der Waals surface area contributed by atoms with Crippen LogP contribution in [0.2, 0.25) is 0 Å². The molecule has 2 aromatic rings. The zero-order valence-corrected chi connectivity index (χ0v) is 25.0. The largest absolute Gasteiger partial charge is 0.355 e. The molecule has 0 atom stereocenters. The molecule has 5 rings (SSSR count). The molecule has 9 heteroatoms. The van der Waals surface area contributed by atoms with E-state index in [-0.39, 0.29) is 22.5 Å². The molecule has 1 aromatic heterocycles. The number of piperidine rings is 2. The minimum Gasteiger partial charge on any atom is -0.355 e. The first-order chi connectivity index (χ1) is 19.2. The lowest BCUT2D eigenvalue weighted by Crippen LogP contribution is -2.51. The maximum absolute atomic E-state index is 13.6. The first-order valence-corrected chi connectivity index (χ1v) is 16.4. The summed E-state index contributed by atoms with van der Waals surface area (Å²) in [6.45, 7) is 5.93. The van der Waals surface area contributed by atoms with E-state index in [1.54, 1.807) is 13.0 Å². The molecule has 3 heterocycles. The van der Waals surface area contributed by atoms with Crippen LogP contribution in [0, 0.1) is 19.8 Å². The third kappa shape index (κ3) is 6.37. The second-order valence-electron chi connectivity index (χ2n) is 11.9. The Balaban J connectivity index is 1.16. The van der Waals surface area contributed by atoms with Crippen LogP contribution in [-0.2, 0) is 14.8 Å². The van der Waals surface area contributed by atoms with Crippen LogP contribution in [0.5, 0.6) is 0 Å². The molecule has 1 aliphatic carbocycles. The van der Waals surface area contributed by atoms with Gasteiger partial charge in [-0.2, -0.15) is 4.31 Å². The second kappa shape index (κ2) is 12.6. The van der Waals surface area contributed by atoms with E-state index in [2.05, 4.69) is 17.1 Å². The van der Waals surface area contributed by atoms with Crippen LogP contribution in [0.3, 0.4) is 0 Å². The summed E-state index contributed by atoms with van der Waals surface area (Å²) in [5.41, 5.74) is 2.46. The van der Waals surface area contributed by atoms with E-state index < -0.39 is 10.0 Å². The molecule has 3 aliphatic rings. The van der Waals surface area contributed by atoms with Crippen molar-refractivity contribution in [3.8, 4) is 0 Å². The Hall–Kier alpha value is -2.49. The van der Waals surface area contributed by atoms with Gasteiger partial charge in [0.25, 0.3) is 0 Å². The fraction of sp³-hybridized carbons (Fsp3) is 0.613. The molecular formula is C31H44N4O4S. The van der Waals surface area contributed by atoms with Gasteiger partial charge in [-0.15, -0.1) is 0 Å². The Morgan fingerprint density at radius 3 is 2.17 bits per heavy atom. The fourth-order valence-electron chi connectivity index (χ4n) is 6.66. The molecule has 0 bridgehead atoms. The van der Waals surface area contributed by atoms with Crippen molar-refractivity contribution in [1.82, 2.24) is 19.3 Å². The highest BCUT2D eigenvalue weighted by molar-refractivity contribution is 7.89. The molecule has 218 valence electrons. The lowest BCUT2D eigenvalue weighted by molar-refractivity contribution is -0.138. The van der Waals surface area contributed by atoms with Crippen molar-refractivity contribution in [2.75, 3.05) is 33.2 Å². The molecule has 0 N–H and O–H groups in total. The van der Waals surface area contributed by atoms with Crippen LogP contribution in [0.4, 0.5) is 0 Å². The number of sulfonamides is 1. The van der Waals surface area contributed by atoms with E-state index in [0.717, 1.165) is 37.1 Å². The van der Waals surface area contributed by atoms with Gasteiger partial charge in [0.05, 0.1) is 0 Å². The monoisotopic (exact) mass is 568 g/mol. The summed E-state index contributed by atoms with van der Waals surface area (Å²) in [6.07, 6.45) is 13.3. The molecule has 1 amide bonds. The lowest BCUT2D eigenvalue weighted by Gasteiger charge is -2.42. The number of carbonyl (C=O) groups is 1. The van der Waals surface area contributed by atoms with Crippen LogP contribution in [0.15, 0.2) is 33.7 Å². The number of hydrogen-bond donors (Lipinski definition) is 0.